The van der Waals surface area contributed by atoms with Gasteiger partial charge in [0.05, 0.1) is 30.8 Å². The average Bonchev–Trinajstić information content (AvgIpc) is 3.36. The number of hydrogen-bond donors (Lipinski definition) is 2. The predicted molar refractivity (Wildman–Crippen MR) is 132 cm³/mol. The van der Waals surface area contributed by atoms with Crippen molar-refractivity contribution in [2.45, 2.75) is 19.4 Å². The van der Waals surface area contributed by atoms with Crippen LogP contribution < -0.4 is 15.4 Å². The van der Waals surface area contributed by atoms with Crippen LogP contribution in [0.1, 0.15) is 29.1 Å². The number of piperidine rings is 1. The molecule has 1 unspecified atom stereocenters. The fourth-order valence-electron chi connectivity index (χ4n) is 4.07. The third-order valence-electron chi connectivity index (χ3n) is 5.89. The molecule has 0 bridgehead atoms. The second kappa shape index (κ2) is 11.4. The number of benzene rings is 2. The lowest BCUT2D eigenvalue weighted by molar-refractivity contribution is -0.121. The third-order valence-corrected chi connectivity index (χ3v) is 5.89. The van der Waals surface area contributed by atoms with Crippen molar-refractivity contribution in [1.82, 2.24) is 20.4 Å². The highest BCUT2D eigenvalue weighted by Crippen LogP contribution is 2.23. The zero-order valence-corrected chi connectivity index (χ0v) is 19.7. The Labute approximate surface area is 204 Å². The summed E-state index contributed by atoms with van der Waals surface area (Å²) in [5, 5.41) is 9.78. The first kappa shape index (κ1) is 24.2. The molecule has 0 radical (unpaired) electrons. The molecule has 1 aliphatic heterocycles. The van der Waals surface area contributed by atoms with Gasteiger partial charge in [-0.3, -0.25) is 14.5 Å². The summed E-state index contributed by atoms with van der Waals surface area (Å²) < 4.78 is 10.6. The highest BCUT2D eigenvalue weighted by atomic mass is 16.5. The molecule has 1 fully saturated rings. The van der Waals surface area contributed by atoms with Crippen LogP contribution in [0.15, 0.2) is 65.7 Å². The van der Waals surface area contributed by atoms with Crippen molar-refractivity contribution in [3.05, 3.63) is 72.6 Å². The summed E-state index contributed by atoms with van der Waals surface area (Å²) >= 11 is 0. The number of methoxy groups -OCH3 is 1. The fourth-order valence-corrected chi connectivity index (χ4v) is 4.07. The minimum absolute atomic E-state index is 0.108. The van der Waals surface area contributed by atoms with Gasteiger partial charge in [0, 0.05) is 18.7 Å². The van der Waals surface area contributed by atoms with Gasteiger partial charge in [0.2, 0.25) is 17.6 Å². The van der Waals surface area contributed by atoms with Crippen LogP contribution >= 0.6 is 0 Å². The summed E-state index contributed by atoms with van der Waals surface area (Å²) in [6, 6.07) is 14.4. The Balaban J connectivity index is 1.36. The largest absolute Gasteiger partial charge is 0.497 e. The standard InChI is InChI=1S/C26H29N5O4/c1-3-14-27-26(33)21-8-4-5-9-22(21)28-25(32)19-7-6-15-31(16-19)17-23-29-24(30-35-23)18-10-12-20(34-2)13-11-18/h3-5,8-13,19H,1,6-7,14-17H2,2H3,(H,27,33)(H,28,32). The van der Waals surface area contributed by atoms with E-state index in [0.29, 0.717) is 42.6 Å². The van der Waals surface area contributed by atoms with Crippen LogP contribution in [-0.4, -0.2) is 53.6 Å². The molecule has 4 rings (SSSR count). The molecule has 3 aromatic rings. The van der Waals surface area contributed by atoms with Crippen molar-refractivity contribution >= 4 is 17.5 Å². The van der Waals surface area contributed by atoms with Gasteiger partial charge in [-0.1, -0.05) is 23.4 Å². The van der Waals surface area contributed by atoms with Gasteiger partial charge in [0.15, 0.2) is 0 Å². The summed E-state index contributed by atoms with van der Waals surface area (Å²) in [6.45, 7) is 5.84. The third kappa shape index (κ3) is 6.13. The van der Waals surface area contributed by atoms with Gasteiger partial charge in [-0.15, -0.1) is 6.58 Å². The van der Waals surface area contributed by atoms with Crippen LogP contribution in [0.3, 0.4) is 0 Å². The summed E-state index contributed by atoms with van der Waals surface area (Å²) in [5.74, 6) is 1.20. The van der Waals surface area contributed by atoms with E-state index in [0.717, 1.165) is 30.7 Å². The molecular weight excluding hydrogens is 446 g/mol. The van der Waals surface area contributed by atoms with Crippen molar-refractivity contribution < 1.29 is 18.8 Å². The van der Waals surface area contributed by atoms with Crippen LogP contribution in [0.25, 0.3) is 11.4 Å². The molecule has 1 atom stereocenters. The molecule has 2 heterocycles. The van der Waals surface area contributed by atoms with E-state index in [1.54, 1.807) is 37.5 Å². The quantitative estimate of drug-likeness (QED) is 0.456. The number of carbonyl (C=O) groups excluding carboxylic acids is 2. The average molecular weight is 476 g/mol. The number of nitrogens with one attached hydrogen (secondary N) is 2. The number of aromatic nitrogens is 2. The second-order valence-electron chi connectivity index (χ2n) is 8.35. The maximum absolute atomic E-state index is 13.0. The highest BCUT2D eigenvalue weighted by molar-refractivity contribution is 6.04. The summed E-state index contributed by atoms with van der Waals surface area (Å²) in [7, 11) is 1.62. The summed E-state index contributed by atoms with van der Waals surface area (Å²) in [6.07, 6.45) is 3.26. The Morgan fingerprint density at radius 3 is 2.80 bits per heavy atom. The Morgan fingerprint density at radius 2 is 2.03 bits per heavy atom. The number of likely N-dealkylation sites (tertiary alicyclic amines) is 1. The van der Waals surface area contributed by atoms with Gasteiger partial charge in [0.25, 0.3) is 5.91 Å². The Kier molecular flexibility index (Phi) is 7.89. The summed E-state index contributed by atoms with van der Waals surface area (Å²) in [5.41, 5.74) is 1.76. The molecular formula is C26H29N5O4. The minimum atomic E-state index is -0.255. The predicted octanol–water partition coefficient (Wildman–Crippen LogP) is 3.51. The lowest BCUT2D eigenvalue weighted by atomic mass is 9.96. The highest BCUT2D eigenvalue weighted by Gasteiger charge is 2.28. The Hall–Kier alpha value is -3.98. The van der Waals surface area contributed by atoms with Gasteiger partial charge in [-0.25, -0.2) is 0 Å². The van der Waals surface area contributed by atoms with Crippen LogP contribution in [0.4, 0.5) is 5.69 Å². The Bertz CT molecular complexity index is 1170. The number of carbonyl (C=O) groups is 2. The SMILES string of the molecule is C=CCNC(=O)c1ccccc1NC(=O)C1CCCN(Cc2nc(-c3ccc(OC)cc3)no2)C1. The topological polar surface area (TPSA) is 110 Å². The minimum Gasteiger partial charge on any atom is -0.497 e. The molecule has 9 nitrogen and oxygen atoms in total. The molecule has 2 N–H and O–H groups in total. The van der Waals surface area contributed by atoms with E-state index in [1.807, 2.05) is 24.3 Å². The second-order valence-corrected chi connectivity index (χ2v) is 8.35. The van der Waals surface area contributed by atoms with Crippen LogP contribution in [0, 0.1) is 5.92 Å². The molecule has 2 aromatic carbocycles. The number of hydrogen-bond acceptors (Lipinski definition) is 7. The van der Waals surface area contributed by atoms with E-state index in [4.69, 9.17) is 9.26 Å². The number of anilines is 1. The number of nitrogens with zero attached hydrogens (tertiary/aromatic N) is 3. The van der Waals surface area contributed by atoms with Crippen molar-refractivity contribution in [1.29, 1.82) is 0 Å². The van der Waals surface area contributed by atoms with Gasteiger partial charge >= 0.3 is 0 Å². The maximum Gasteiger partial charge on any atom is 0.253 e. The first-order valence-corrected chi connectivity index (χ1v) is 11.6. The molecule has 1 saturated heterocycles. The van der Waals surface area contributed by atoms with Gasteiger partial charge in [-0.2, -0.15) is 4.98 Å². The summed E-state index contributed by atoms with van der Waals surface area (Å²) in [4.78, 5) is 32.1. The maximum atomic E-state index is 13.0. The van der Waals surface area contributed by atoms with Crippen LogP contribution in [0.2, 0.25) is 0 Å². The monoisotopic (exact) mass is 475 g/mol. The van der Waals surface area contributed by atoms with Crippen molar-refractivity contribution in [3.8, 4) is 17.1 Å². The zero-order chi connectivity index (χ0) is 24.6. The van der Waals surface area contributed by atoms with E-state index in [2.05, 4.69) is 32.3 Å². The molecule has 35 heavy (non-hydrogen) atoms. The normalized spacial score (nSPS) is 15.9. The van der Waals surface area contributed by atoms with Gasteiger partial charge < -0.3 is 19.9 Å². The number of para-hydroxylation sites is 1. The Morgan fingerprint density at radius 1 is 1.23 bits per heavy atom. The molecule has 0 saturated carbocycles. The lowest BCUT2D eigenvalue weighted by Crippen LogP contribution is -2.40. The number of rotatable bonds is 9. The van der Waals surface area contributed by atoms with Crippen molar-refractivity contribution in [3.63, 3.8) is 0 Å². The van der Waals surface area contributed by atoms with E-state index in [9.17, 15) is 9.59 Å². The van der Waals surface area contributed by atoms with Crippen molar-refractivity contribution in [2.24, 2.45) is 5.92 Å². The molecule has 1 aromatic heterocycles. The first-order chi connectivity index (χ1) is 17.1. The zero-order valence-electron chi connectivity index (χ0n) is 19.7. The molecule has 0 aliphatic carbocycles. The lowest BCUT2D eigenvalue weighted by Gasteiger charge is -2.31. The first-order valence-electron chi connectivity index (χ1n) is 11.6. The van der Waals surface area contributed by atoms with E-state index in [-0.39, 0.29) is 17.7 Å². The van der Waals surface area contributed by atoms with E-state index < -0.39 is 0 Å². The number of ether oxygens (including phenoxy) is 1. The smallest absolute Gasteiger partial charge is 0.253 e. The fraction of sp³-hybridized carbons (Fsp3) is 0.308. The number of amides is 2. The van der Waals surface area contributed by atoms with Gasteiger partial charge in [0.1, 0.15) is 5.75 Å². The van der Waals surface area contributed by atoms with E-state index >= 15 is 0 Å². The van der Waals surface area contributed by atoms with Crippen LogP contribution in [0.5, 0.6) is 5.75 Å². The molecule has 0 spiro atoms. The van der Waals surface area contributed by atoms with Crippen molar-refractivity contribution in [2.75, 3.05) is 32.1 Å². The van der Waals surface area contributed by atoms with Crippen LogP contribution in [-0.2, 0) is 11.3 Å². The molecule has 2 amide bonds. The molecule has 1 aliphatic rings. The van der Waals surface area contributed by atoms with Gasteiger partial charge in [-0.05, 0) is 55.8 Å². The molecule has 182 valence electrons. The molecule has 9 heteroatoms. The van der Waals surface area contributed by atoms with E-state index in [1.165, 1.54) is 0 Å².